The van der Waals surface area contributed by atoms with Crippen LogP contribution in [0.1, 0.15) is 9.75 Å². The van der Waals surface area contributed by atoms with E-state index >= 15 is 0 Å². The Morgan fingerprint density at radius 2 is 1.91 bits per heavy atom. The van der Waals surface area contributed by atoms with Gasteiger partial charge in [-0.1, -0.05) is 18.2 Å². The zero-order valence-corrected chi connectivity index (χ0v) is 16.8. The lowest BCUT2D eigenvalue weighted by molar-refractivity contribution is 0.841. The van der Waals surface area contributed by atoms with Gasteiger partial charge in [0, 0.05) is 34.0 Å². The number of thiophene rings is 1. The van der Waals surface area contributed by atoms with Crippen LogP contribution in [0.4, 0.5) is 0 Å². The predicted molar refractivity (Wildman–Crippen MR) is 110 cm³/mol. The second kappa shape index (κ2) is 10.9. The van der Waals surface area contributed by atoms with Gasteiger partial charge in [0.1, 0.15) is 0 Å². The molecule has 6 heteroatoms. The first kappa shape index (κ1) is 19.3. The van der Waals surface area contributed by atoms with E-state index in [2.05, 4.69) is 58.9 Å². The number of thioether (sulfide) groups is 1. The molecule has 120 valence electrons. The number of aryl methyl sites for hydroxylation is 1. The van der Waals surface area contributed by atoms with Crippen LogP contribution in [-0.2, 0) is 6.54 Å². The molecule has 2 rings (SSSR count). The van der Waals surface area contributed by atoms with Crippen molar-refractivity contribution in [2.24, 2.45) is 4.99 Å². The van der Waals surface area contributed by atoms with Crippen LogP contribution in [0.2, 0.25) is 0 Å². The van der Waals surface area contributed by atoms with E-state index in [1.165, 1.54) is 14.6 Å². The van der Waals surface area contributed by atoms with Crippen LogP contribution in [0.3, 0.4) is 0 Å². The van der Waals surface area contributed by atoms with Crippen molar-refractivity contribution in [1.29, 1.82) is 0 Å². The van der Waals surface area contributed by atoms with E-state index in [0.717, 1.165) is 24.8 Å². The van der Waals surface area contributed by atoms with Crippen molar-refractivity contribution in [3.63, 3.8) is 0 Å². The summed E-state index contributed by atoms with van der Waals surface area (Å²) in [6.07, 6.45) is 0. The first-order chi connectivity index (χ1) is 10.3. The maximum atomic E-state index is 4.24. The normalized spacial score (nSPS) is 10.9. The van der Waals surface area contributed by atoms with Gasteiger partial charge in [0.2, 0.25) is 0 Å². The zero-order chi connectivity index (χ0) is 14.9. The minimum Gasteiger partial charge on any atom is -0.356 e. The molecule has 0 unspecified atom stereocenters. The fourth-order valence-corrected chi connectivity index (χ4v) is 3.45. The highest BCUT2D eigenvalue weighted by atomic mass is 127. The molecule has 22 heavy (non-hydrogen) atoms. The summed E-state index contributed by atoms with van der Waals surface area (Å²) in [5.41, 5.74) is 0. The first-order valence-electron chi connectivity index (χ1n) is 6.95. The molecule has 0 aliphatic rings. The van der Waals surface area contributed by atoms with E-state index in [-0.39, 0.29) is 24.0 Å². The number of halogens is 1. The van der Waals surface area contributed by atoms with Gasteiger partial charge < -0.3 is 10.6 Å². The molecule has 0 spiro atoms. The second-order valence-electron chi connectivity index (χ2n) is 4.53. The Labute approximate surface area is 158 Å². The Morgan fingerprint density at radius 1 is 1.14 bits per heavy atom. The summed E-state index contributed by atoms with van der Waals surface area (Å²) >= 11 is 3.66. The van der Waals surface area contributed by atoms with Gasteiger partial charge in [-0.05, 0) is 31.2 Å². The number of benzene rings is 1. The standard InChI is InChI=1S/C16H21N3S2.HI/c1-13-8-9-15(21-13)12-19-16(17-2)18-10-11-20-14-6-4-3-5-7-14;/h3-9H,10-12H2,1-2H3,(H2,17,18,19);1H. The molecule has 1 heterocycles. The molecule has 0 radical (unpaired) electrons. The molecular weight excluding hydrogens is 425 g/mol. The number of rotatable bonds is 6. The quantitative estimate of drug-likeness (QED) is 0.230. The molecule has 3 nitrogen and oxygen atoms in total. The van der Waals surface area contributed by atoms with Crippen LogP contribution < -0.4 is 10.6 Å². The van der Waals surface area contributed by atoms with E-state index in [4.69, 9.17) is 0 Å². The average molecular weight is 447 g/mol. The SMILES string of the molecule is CN=C(NCCSc1ccccc1)NCc1ccc(C)s1.I. The van der Waals surface area contributed by atoms with Crippen molar-refractivity contribution < 1.29 is 0 Å². The van der Waals surface area contributed by atoms with E-state index < -0.39 is 0 Å². The Morgan fingerprint density at radius 3 is 2.55 bits per heavy atom. The molecule has 0 amide bonds. The van der Waals surface area contributed by atoms with Crippen LogP contribution in [0.25, 0.3) is 0 Å². The summed E-state index contributed by atoms with van der Waals surface area (Å²) in [6.45, 7) is 3.84. The molecule has 0 atom stereocenters. The number of nitrogens with zero attached hydrogens (tertiary/aromatic N) is 1. The molecule has 0 saturated heterocycles. The van der Waals surface area contributed by atoms with Crippen molar-refractivity contribution in [3.05, 3.63) is 52.2 Å². The van der Waals surface area contributed by atoms with Crippen LogP contribution in [-0.4, -0.2) is 25.3 Å². The van der Waals surface area contributed by atoms with Crippen LogP contribution in [0.5, 0.6) is 0 Å². The molecule has 0 fully saturated rings. The molecule has 2 aromatic rings. The highest BCUT2D eigenvalue weighted by Crippen LogP contribution is 2.16. The van der Waals surface area contributed by atoms with Crippen molar-refractivity contribution >= 4 is 53.0 Å². The lowest BCUT2D eigenvalue weighted by Crippen LogP contribution is -2.37. The summed E-state index contributed by atoms with van der Waals surface area (Å²) < 4.78 is 0. The number of guanidine groups is 1. The van der Waals surface area contributed by atoms with Crippen molar-refractivity contribution in [1.82, 2.24) is 10.6 Å². The van der Waals surface area contributed by atoms with Gasteiger partial charge >= 0.3 is 0 Å². The van der Waals surface area contributed by atoms with Crippen LogP contribution in [0.15, 0.2) is 52.4 Å². The van der Waals surface area contributed by atoms with Crippen molar-refractivity contribution in [3.8, 4) is 0 Å². The third kappa shape index (κ3) is 7.02. The highest BCUT2D eigenvalue weighted by Gasteiger charge is 2.00. The highest BCUT2D eigenvalue weighted by molar-refractivity contribution is 14.0. The van der Waals surface area contributed by atoms with Gasteiger partial charge in [-0.3, -0.25) is 4.99 Å². The number of aliphatic imine (C=N–C) groups is 1. The lowest BCUT2D eigenvalue weighted by atomic mass is 10.4. The fraction of sp³-hybridized carbons (Fsp3) is 0.312. The summed E-state index contributed by atoms with van der Waals surface area (Å²) in [4.78, 5) is 8.22. The monoisotopic (exact) mass is 447 g/mol. The predicted octanol–water partition coefficient (Wildman–Crippen LogP) is 4.13. The van der Waals surface area contributed by atoms with Gasteiger partial charge in [0.05, 0.1) is 6.54 Å². The summed E-state index contributed by atoms with van der Waals surface area (Å²) in [5, 5.41) is 6.68. The number of nitrogens with one attached hydrogen (secondary N) is 2. The minimum atomic E-state index is 0. The maximum Gasteiger partial charge on any atom is 0.191 e. The molecule has 1 aromatic heterocycles. The van der Waals surface area contributed by atoms with Gasteiger partial charge in [-0.2, -0.15) is 0 Å². The van der Waals surface area contributed by atoms with E-state index in [1.54, 1.807) is 7.05 Å². The number of hydrogen-bond acceptors (Lipinski definition) is 3. The zero-order valence-electron chi connectivity index (χ0n) is 12.8. The third-order valence-corrected chi connectivity index (χ3v) is 4.87. The van der Waals surface area contributed by atoms with E-state index in [1.807, 2.05) is 29.2 Å². The summed E-state index contributed by atoms with van der Waals surface area (Å²) in [5.74, 6) is 1.87. The molecule has 0 bridgehead atoms. The third-order valence-electron chi connectivity index (χ3n) is 2.86. The Kier molecular flexibility index (Phi) is 9.58. The topological polar surface area (TPSA) is 36.4 Å². The molecular formula is C16H22IN3S2. The van der Waals surface area contributed by atoms with Gasteiger partial charge in [-0.15, -0.1) is 47.1 Å². The summed E-state index contributed by atoms with van der Waals surface area (Å²) in [7, 11) is 1.80. The van der Waals surface area contributed by atoms with Gasteiger partial charge in [0.15, 0.2) is 5.96 Å². The van der Waals surface area contributed by atoms with E-state index in [0.29, 0.717) is 0 Å². The van der Waals surface area contributed by atoms with Gasteiger partial charge in [0.25, 0.3) is 0 Å². The molecule has 2 N–H and O–H groups in total. The number of hydrogen-bond donors (Lipinski definition) is 2. The molecule has 1 aromatic carbocycles. The second-order valence-corrected chi connectivity index (χ2v) is 7.07. The lowest BCUT2D eigenvalue weighted by Gasteiger charge is -2.11. The average Bonchev–Trinajstić information content (AvgIpc) is 2.93. The van der Waals surface area contributed by atoms with E-state index in [9.17, 15) is 0 Å². The van der Waals surface area contributed by atoms with Crippen LogP contribution in [0, 0.1) is 6.92 Å². The van der Waals surface area contributed by atoms with Crippen molar-refractivity contribution in [2.75, 3.05) is 19.3 Å². The van der Waals surface area contributed by atoms with Crippen molar-refractivity contribution in [2.45, 2.75) is 18.4 Å². The Bertz CT molecular complexity index is 570. The minimum absolute atomic E-state index is 0. The van der Waals surface area contributed by atoms with Crippen LogP contribution >= 0.6 is 47.1 Å². The smallest absolute Gasteiger partial charge is 0.191 e. The Balaban J connectivity index is 0.00000242. The first-order valence-corrected chi connectivity index (χ1v) is 8.76. The largest absolute Gasteiger partial charge is 0.356 e. The fourth-order valence-electron chi connectivity index (χ4n) is 1.83. The maximum absolute atomic E-state index is 4.24. The Hall–Kier alpha value is -0.730. The molecule has 0 saturated carbocycles. The molecule has 0 aliphatic heterocycles. The molecule has 0 aliphatic carbocycles. The van der Waals surface area contributed by atoms with Gasteiger partial charge in [-0.25, -0.2) is 0 Å². The summed E-state index contributed by atoms with van der Waals surface area (Å²) in [6, 6.07) is 14.8.